The fourth-order valence-electron chi connectivity index (χ4n) is 4.35. The number of aliphatic hydroxyl groups excluding tert-OH is 1. The minimum atomic E-state index is -0.539. The van der Waals surface area contributed by atoms with Gasteiger partial charge in [0.2, 0.25) is 0 Å². The van der Waals surface area contributed by atoms with Gasteiger partial charge in [-0.1, -0.05) is 31.9 Å². The zero-order valence-corrected chi connectivity index (χ0v) is 17.3. The van der Waals surface area contributed by atoms with E-state index < -0.39 is 11.0 Å². The molecule has 0 saturated heterocycles. The number of fused-ring (bicyclic) bond motifs is 2. The van der Waals surface area contributed by atoms with Crippen molar-refractivity contribution < 1.29 is 15.0 Å². The van der Waals surface area contributed by atoms with E-state index in [1.54, 1.807) is 18.2 Å². The van der Waals surface area contributed by atoms with Gasteiger partial charge in [0.1, 0.15) is 0 Å². The fraction of sp³-hybridized carbons (Fsp3) is 0.478. The Morgan fingerprint density at radius 2 is 1.30 bits per heavy atom. The average Bonchev–Trinajstić information content (AvgIpc) is 3.03. The number of aryl methyl sites for hydroxylation is 2. The van der Waals surface area contributed by atoms with Crippen LogP contribution in [0.25, 0.3) is 0 Å². The maximum atomic E-state index is 10.7. The first-order chi connectivity index (χ1) is 14.4. The molecule has 4 rings (SSSR count). The Kier molecular flexibility index (Phi) is 7.15. The molecular weight excluding hydrogens is 384 g/mol. The third-order valence-corrected chi connectivity index (χ3v) is 6.08. The summed E-state index contributed by atoms with van der Waals surface area (Å²) in [5.74, 6) is 0.461. The van der Waals surface area contributed by atoms with E-state index in [1.165, 1.54) is 36.1 Å². The smallest absolute Gasteiger partial charge is 0.269 e. The zero-order valence-electron chi connectivity index (χ0n) is 17.3. The molecule has 0 heterocycles. The maximum absolute atomic E-state index is 10.7. The van der Waals surface area contributed by atoms with Crippen LogP contribution in [0.4, 0.5) is 11.4 Å². The second-order valence-electron chi connectivity index (χ2n) is 8.19. The van der Waals surface area contributed by atoms with Crippen molar-refractivity contribution in [2.75, 3.05) is 0 Å². The first kappa shape index (κ1) is 21.9. The summed E-state index contributed by atoms with van der Waals surface area (Å²) < 4.78 is 0. The average molecular weight is 412 g/mol. The van der Waals surface area contributed by atoms with Gasteiger partial charge in [0.05, 0.1) is 16.0 Å². The zero-order chi connectivity index (χ0) is 21.7. The molecule has 2 aromatic rings. The Morgan fingerprint density at radius 3 is 1.87 bits per heavy atom. The van der Waals surface area contributed by atoms with E-state index in [1.807, 2.05) is 6.07 Å². The van der Waals surface area contributed by atoms with Crippen molar-refractivity contribution in [3.8, 4) is 0 Å². The van der Waals surface area contributed by atoms with Gasteiger partial charge in [-0.05, 0) is 66.7 Å². The van der Waals surface area contributed by atoms with Crippen LogP contribution in [-0.4, -0.2) is 15.0 Å². The van der Waals surface area contributed by atoms with E-state index in [4.69, 9.17) is 0 Å². The van der Waals surface area contributed by atoms with Gasteiger partial charge >= 0.3 is 0 Å². The Balaban J connectivity index is 0.000000171. The highest BCUT2D eigenvalue weighted by molar-refractivity contribution is 5.42. The highest BCUT2D eigenvalue weighted by atomic mass is 16.6. The molecule has 0 radical (unpaired) electrons. The van der Waals surface area contributed by atoms with Crippen LogP contribution in [0.2, 0.25) is 0 Å². The molecule has 30 heavy (non-hydrogen) atoms. The molecule has 2 unspecified atom stereocenters. The van der Waals surface area contributed by atoms with Crippen LogP contribution < -0.4 is 0 Å². The van der Waals surface area contributed by atoms with Gasteiger partial charge in [-0.25, -0.2) is 0 Å². The second-order valence-corrected chi connectivity index (χ2v) is 8.19. The van der Waals surface area contributed by atoms with E-state index in [0.717, 1.165) is 43.2 Å². The van der Waals surface area contributed by atoms with Crippen molar-refractivity contribution in [1.29, 1.82) is 0 Å². The minimum absolute atomic E-state index is 0.0645. The summed E-state index contributed by atoms with van der Waals surface area (Å²) in [6, 6.07) is 10.1. The van der Waals surface area contributed by atoms with Gasteiger partial charge in [0, 0.05) is 24.3 Å². The van der Waals surface area contributed by atoms with Crippen LogP contribution in [0.15, 0.2) is 36.4 Å². The Morgan fingerprint density at radius 1 is 0.800 bits per heavy atom. The molecule has 2 atom stereocenters. The van der Waals surface area contributed by atoms with Crippen molar-refractivity contribution in [3.05, 3.63) is 78.9 Å². The van der Waals surface area contributed by atoms with E-state index in [9.17, 15) is 25.3 Å². The summed E-state index contributed by atoms with van der Waals surface area (Å²) in [4.78, 5) is 20.6. The Bertz CT molecular complexity index is 852. The van der Waals surface area contributed by atoms with E-state index in [0.29, 0.717) is 12.3 Å². The third-order valence-electron chi connectivity index (χ3n) is 6.08. The van der Waals surface area contributed by atoms with Crippen molar-refractivity contribution in [3.63, 3.8) is 0 Å². The summed E-state index contributed by atoms with van der Waals surface area (Å²) in [5.41, 5.74) is 4.55. The molecule has 2 aliphatic carbocycles. The molecule has 0 amide bonds. The molecule has 0 aliphatic heterocycles. The molecule has 0 fully saturated rings. The monoisotopic (exact) mass is 412 g/mol. The standard InChI is InChI=1S/C12H15NO2.C11H13NO3/c1-9-4-2-3-5-10-6-7-11(13(14)15)8-12(9)10;13-11-4-2-1-3-8-5-6-9(12(14)15)7-10(8)11/h6-9H,2-5H2,1H3;5-7,11,13H,1-4H2. The highest BCUT2D eigenvalue weighted by Crippen LogP contribution is 2.33. The summed E-state index contributed by atoms with van der Waals surface area (Å²) >= 11 is 0. The molecule has 0 spiro atoms. The Hall–Kier alpha value is -2.80. The molecule has 7 heteroatoms. The van der Waals surface area contributed by atoms with Crippen LogP contribution in [0.3, 0.4) is 0 Å². The summed E-state index contributed by atoms with van der Waals surface area (Å²) in [5, 5.41) is 31.1. The summed E-state index contributed by atoms with van der Waals surface area (Å²) in [6.45, 7) is 2.16. The van der Waals surface area contributed by atoms with Gasteiger partial charge in [0.25, 0.3) is 11.4 Å². The lowest BCUT2D eigenvalue weighted by Crippen LogP contribution is -2.00. The number of hydrogen-bond acceptors (Lipinski definition) is 5. The molecule has 1 N–H and O–H groups in total. The normalized spacial score (nSPS) is 20.5. The summed E-state index contributed by atoms with van der Waals surface area (Å²) in [6.07, 6.45) is 7.73. The molecule has 0 saturated carbocycles. The van der Waals surface area contributed by atoms with Crippen molar-refractivity contribution >= 4 is 11.4 Å². The van der Waals surface area contributed by atoms with Gasteiger partial charge in [0.15, 0.2) is 0 Å². The van der Waals surface area contributed by atoms with Gasteiger partial charge in [-0.2, -0.15) is 0 Å². The van der Waals surface area contributed by atoms with Gasteiger partial charge < -0.3 is 5.11 Å². The molecule has 0 aromatic heterocycles. The maximum Gasteiger partial charge on any atom is 0.269 e. The predicted octanol–water partition coefficient (Wildman–Crippen LogP) is 5.78. The number of benzene rings is 2. The van der Waals surface area contributed by atoms with E-state index >= 15 is 0 Å². The fourth-order valence-corrected chi connectivity index (χ4v) is 4.35. The number of rotatable bonds is 2. The molecule has 7 nitrogen and oxygen atoms in total. The first-order valence-electron chi connectivity index (χ1n) is 10.6. The quantitative estimate of drug-likeness (QED) is 0.382. The third kappa shape index (κ3) is 5.21. The number of nitrogens with zero attached hydrogens (tertiary/aromatic N) is 2. The van der Waals surface area contributed by atoms with Gasteiger partial charge in [-0.15, -0.1) is 0 Å². The number of aliphatic hydroxyl groups is 1. The topological polar surface area (TPSA) is 107 Å². The van der Waals surface area contributed by atoms with Crippen molar-refractivity contribution in [2.45, 2.75) is 70.3 Å². The number of hydrogen-bond donors (Lipinski definition) is 1. The molecule has 160 valence electrons. The first-order valence-corrected chi connectivity index (χ1v) is 10.6. The number of nitro groups is 2. The number of non-ortho nitro benzene ring substituents is 2. The SMILES string of the molecule is CC1CCCCc2ccc([N+](=O)[O-])cc21.O=[N+]([O-])c1ccc2c(c1)C(O)CCCC2. The lowest BCUT2D eigenvalue weighted by molar-refractivity contribution is -0.385. The Labute approximate surface area is 176 Å². The minimum Gasteiger partial charge on any atom is -0.388 e. The predicted molar refractivity (Wildman–Crippen MR) is 115 cm³/mol. The molecular formula is C23H28N2O5. The van der Waals surface area contributed by atoms with E-state index in [2.05, 4.69) is 6.92 Å². The van der Waals surface area contributed by atoms with Crippen molar-refractivity contribution in [1.82, 2.24) is 0 Å². The largest absolute Gasteiger partial charge is 0.388 e. The van der Waals surface area contributed by atoms with Crippen LogP contribution in [0, 0.1) is 20.2 Å². The molecule has 2 aliphatic rings. The lowest BCUT2D eigenvalue weighted by atomic mass is 9.94. The van der Waals surface area contributed by atoms with E-state index in [-0.39, 0.29) is 16.3 Å². The summed E-state index contributed by atoms with van der Waals surface area (Å²) in [7, 11) is 0. The van der Waals surface area contributed by atoms with Crippen LogP contribution >= 0.6 is 0 Å². The molecule has 0 bridgehead atoms. The number of nitro benzene ring substituents is 2. The van der Waals surface area contributed by atoms with Gasteiger partial charge in [-0.3, -0.25) is 20.2 Å². The second kappa shape index (κ2) is 9.80. The lowest BCUT2D eigenvalue weighted by Gasteiger charge is -2.11. The van der Waals surface area contributed by atoms with Crippen LogP contribution in [0.5, 0.6) is 0 Å². The highest BCUT2D eigenvalue weighted by Gasteiger charge is 2.19. The van der Waals surface area contributed by atoms with Crippen molar-refractivity contribution in [2.24, 2.45) is 0 Å². The van der Waals surface area contributed by atoms with Crippen LogP contribution in [0.1, 0.15) is 79.7 Å². The van der Waals surface area contributed by atoms with Crippen LogP contribution in [-0.2, 0) is 12.8 Å². The molecule has 2 aromatic carbocycles.